The van der Waals surface area contributed by atoms with Crippen molar-refractivity contribution in [2.45, 2.75) is 81.4 Å². The summed E-state index contributed by atoms with van der Waals surface area (Å²) in [5, 5.41) is 23.2. The Labute approximate surface area is 171 Å². The first-order valence-electron chi connectivity index (χ1n) is 10.9. The minimum Gasteiger partial charge on any atom is -0.507 e. The molecular weight excluding hydrogens is 368 g/mol. The van der Waals surface area contributed by atoms with E-state index in [0.29, 0.717) is 43.2 Å². The van der Waals surface area contributed by atoms with E-state index in [1.807, 2.05) is 6.07 Å². The van der Waals surface area contributed by atoms with Crippen LogP contribution >= 0.6 is 0 Å². The van der Waals surface area contributed by atoms with E-state index < -0.39 is 16.9 Å². The zero-order chi connectivity index (χ0) is 20.6. The number of fused-ring (bicyclic) bond motifs is 1. The van der Waals surface area contributed by atoms with Crippen molar-refractivity contribution in [3.05, 3.63) is 28.8 Å². The summed E-state index contributed by atoms with van der Waals surface area (Å²) in [4.78, 5) is 26.9. The summed E-state index contributed by atoms with van der Waals surface area (Å²) in [7, 11) is 0. The summed E-state index contributed by atoms with van der Waals surface area (Å²) in [6.07, 6.45) is 5.97. The van der Waals surface area contributed by atoms with E-state index in [0.717, 1.165) is 12.1 Å². The van der Waals surface area contributed by atoms with Gasteiger partial charge in [-0.25, -0.2) is 0 Å². The van der Waals surface area contributed by atoms with Gasteiger partial charge in [0.15, 0.2) is 0 Å². The Bertz CT molecular complexity index is 895. The number of ketones is 1. The number of nitrogens with zero attached hydrogens (tertiary/aromatic N) is 1. The molecule has 1 saturated heterocycles. The number of hydrogen-bond acceptors (Lipinski definition) is 5. The first kappa shape index (κ1) is 19.1. The molecule has 156 valence electrons. The van der Waals surface area contributed by atoms with Gasteiger partial charge in [0.25, 0.3) is 5.91 Å². The normalized spacial score (nSPS) is 35.4. The van der Waals surface area contributed by atoms with Crippen LogP contribution in [0.4, 0.5) is 0 Å². The molecule has 2 saturated carbocycles. The summed E-state index contributed by atoms with van der Waals surface area (Å²) >= 11 is 0. The topological polar surface area (TPSA) is 104 Å². The zero-order valence-electron chi connectivity index (χ0n) is 17.0. The molecule has 2 unspecified atom stereocenters. The maximum absolute atomic E-state index is 12.6. The van der Waals surface area contributed by atoms with E-state index in [-0.39, 0.29) is 29.6 Å². The van der Waals surface area contributed by atoms with Crippen molar-refractivity contribution in [1.82, 2.24) is 4.90 Å². The largest absolute Gasteiger partial charge is 0.507 e. The Morgan fingerprint density at radius 2 is 2.07 bits per heavy atom. The van der Waals surface area contributed by atoms with Crippen molar-refractivity contribution >= 4 is 11.7 Å². The highest BCUT2D eigenvalue weighted by Crippen LogP contribution is 2.60. The van der Waals surface area contributed by atoms with Crippen molar-refractivity contribution in [3.8, 4) is 5.75 Å². The molecule has 1 heterocycles. The Morgan fingerprint density at radius 3 is 2.72 bits per heavy atom. The van der Waals surface area contributed by atoms with Crippen LogP contribution in [0.25, 0.3) is 0 Å². The molecule has 3 aliphatic carbocycles. The maximum atomic E-state index is 12.6. The first-order chi connectivity index (χ1) is 13.8. The summed E-state index contributed by atoms with van der Waals surface area (Å²) in [6.45, 7) is 3.06. The van der Waals surface area contributed by atoms with Crippen LogP contribution in [-0.4, -0.2) is 51.0 Å². The highest BCUT2D eigenvalue weighted by molar-refractivity contribution is 5.96. The maximum Gasteiger partial charge on any atom is 0.252 e. The Balaban J connectivity index is 1.67. The number of piperidine rings is 1. The number of rotatable bonds is 3. The average molecular weight is 399 g/mol. The number of nitrogens with two attached hydrogens (primary N) is 1. The molecule has 5 rings (SSSR count). The minimum atomic E-state index is -1.09. The predicted octanol–water partition coefficient (Wildman–Crippen LogP) is 2.03. The number of benzene rings is 1. The smallest absolute Gasteiger partial charge is 0.252 e. The zero-order valence-corrected chi connectivity index (χ0v) is 17.0. The third-order valence-corrected chi connectivity index (χ3v) is 8.64. The Morgan fingerprint density at radius 1 is 1.31 bits per heavy atom. The average Bonchev–Trinajstić information content (AvgIpc) is 2.60. The number of aromatic hydroxyl groups is 1. The van der Waals surface area contributed by atoms with Crippen LogP contribution in [0.3, 0.4) is 0 Å². The molecule has 4 N–H and O–H groups in total. The summed E-state index contributed by atoms with van der Waals surface area (Å²) < 4.78 is 0. The summed E-state index contributed by atoms with van der Waals surface area (Å²) in [6, 6.07) is 3.76. The quantitative estimate of drug-likeness (QED) is 0.723. The van der Waals surface area contributed by atoms with Gasteiger partial charge >= 0.3 is 0 Å². The SMILES string of the molecule is C[C@@H](C1CCC1)N1CCC23CC(=O)CC[C@@]2(O)C1Cc1ccc(C(N)=O)c(O)c13. The number of carbonyl (C=O) groups is 2. The van der Waals surface area contributed by atoms with Crippen LogP contribution in [0.15, 0.2) is 12.1 Å². The van der Waals surface area contributed by atoms with E-state index in [9.17, 15) is 19.8 Å². The van der Waals surface area contributed by atoms with Crippen LogP contribution in [0.2, 0.25) is 0 Å². The van der Waals surface area contributed by atoms with Gasteiger partial charge in [0.1, 0.15) is 11.5 Å². The number of amides is 1. The molecule has 29 heavy (non-hydrogen) atoms. The molecule has 1 aliphatic heterocycles. The number of Topliss-reactive ketones (excluding diaryl/α,β-unsaturated/α-hetero) is 1. The number of phenols is 1. The van der Waals surface area contributed by atoms with Gasteiger partial charge in [-0.3, -0.25) is 14.5 Å². The van der Waals surface area contributed by atoms with Crippen LogP contribution in [-0.2, 0) is 16.6 Å². The lowest BCUT2D eigenvalue weighted by atomic mass is 9.49. The van der Waals surface area contributed by atoms with Gasteiger partial charge in [-0.15, -0.1) is 0 Å². The molecule has 4 aliphatic rings. The lowest BCUT2D eigenvalue weighted by Gasteiger charge is -2.65. The standard InChI is InChI=1S/C23H30N2O4/c1-13(14-3-2-4-14)25-10-9-22-12-16(26)7-8-23(22,29)18(25)11-15-5-6-17(21(24)28)20(27)19(15)22/h5-6,13-14,18,27,29H,2-4,7-12H2,1H3,(H2,24,28)/t13-,18?,22?,23+/m0/s1. The highest BCUT2D eigenvalue weighted by atomic mass is 16.3. The molecule has 6 nitrogen and oxygen atoms in total. The van der Waals surface area contributed by atoms with Gasteiger partial charge in [0, 0.05) is 35.9 Å². The molecule has 1 aromatic rings. The van der Waals surface area contributed by atoms with Crippen molar-refractivity contribution in [3.63, 3.8) is 0 Å². The molecule has 1 amide bonds. The van der Waals surface area contributed by atoms with Gasteiger partial charge in [-0.05, 0) is 63.1 Å². The molecule has 6 heteroatoms. The fourth-order valence-electron chi connectivity index (χ4n) is 6.83. The van der Waals surface area contributed by atoms with E-state index >= 15 is 0 Å². The van der Waals surface area contributed by atoms with Crippen LogP contribution < -0.4 is 5.73 Å². The number of hydrogen-bond donors (Lipinski definition) is 3. The molecule has 0 spiro atoms. The summed E-state index contributed by atoms with van der Waals surface area (Å²) in [5.41, 5.74) is 5.15. The van der Waals surface area contributed by atoms with Gasteiger partial charge in [-0.1, -0.05) is 12.5 Å². The minimum absolute atomic E-state index is 0.0715. The Kier molecular flexibility index (Phi) is 4.13. The highest BCUT2D eigenvalue weighted by Gasteiger charge is 2.66. The van der Waals surface area contributed by atoms with Crippen molar-refractivity contribution in [2.24, 2.45) is 11.7 Å². The van der Waals surface area contributed by atoms with E-state index in [1.165, 1.54) is 19.3 Å². The fraction of sp³-hybridized carbons (Fsp3) is 0.652. The molecular formula is C23H30N2O4. The first-order valence-corrected chi connectivity index (χ1v) is 10.9. The van der Waals surface area contributed by atoms with E-state index in [2.05, 4.69) is 11.8 Å². The molecule has 0 aromatic heterocycles. The number of likely N-dealkylation sites (tertiary alicyclic amines) is 1. The van der Waals surface area contributed by atoms with Gasteiger partial charge in [0.05, 0.1) is 11.2 Å². The van der Waals surface area contributed by atoms with Crippen molar-refractivity contribution < 1.29 is 19.8 Å². The third-order valence-electron chi connectivity index (χ3n) is 8.64. The van der Waals surface area contributed by atoms with Crippen LogP contribution in [0, 0.1) is 5.92 Å². The van der Waals surface area contributed by atoms with Crippen molar-refractivity contribution in [2.75, 3.05) is 6.54 Å². The number of primary amides is 1. The molecule has 3 fully saturated rings. The second-order valence-corrected chi connectivity index (χ2v) is 9.72. The Hall–Kier alpha value is -1.92. The lowest BCUT2D eigenvalue weighted by Crippen LogP contribution is -2.74. The predicted molar refractivity (Wildman–Crippen MR) is 108 cm³/mol. The lowest BCUT2D eigenvalue weighted by molar-refractivity contribution is -0.182. The fourth-order valence-corrected chi connectivity index (χ4v) is 6.83. The van der Waals surface area contributed by atoms with Crippen molar-refractivity contribution in [1.29, 1.82) is 0 Å². The number of aliphatic hydroxyl groups is 1. The second kappa shape index (κ2) is 6.29. The van der Waals surface area contributed by atoms with Gasteiger partial charge in [0.2, 0.25) is 0 Å². The molecule has 2 bridgehead atoms. The van der Waals surface area contributed by atoms with Crippen LogP contribution in [0.1, 0.15) is 73.4 Å². The molecule has 0 radical (unpaired) electrons. The molecule has 4 atom stereocenters. The van der Waals surface area contributed by atoms with Crippen LogP contribution in [0.5, 0.6) is 5.75 Å². The summed E-state index contributed by atoms with van der Waals surface area (Å²) in [5.74, 6) is -0.0402. The van der Waals surface area contributed by atoms with E-state index in [4.69, 9.17) is 5.73 Å². The molecule has 1 aromatic carbocycles. The second-order valence-electron chi connectivity index (χ2n) is 9.72. The monoisotopic (exact) mass is 398 g/mol. The third kappa shape index (κ3) is 2.42. The van der Waals surface area contributed by atoms with Gasteiger partial charge in [-0.2, -0.15) is 0 Å². The van der Waals surface area contributed by atoms with Gasteiger partial charge < -0.3 is 15.9 Å². The number of carbonyl (C=O) groups excluding carboxylic acids is 2. The van der Waals surface area contributed by atoms with E-state index in [1.54, 1.807) is 6.07 Å².